The summed E-state index contributed by atoms with van der Waals surface area (Å²) < 4.78 is 38.1. The molecule has 0 bridgehead atoms. The maximum atomic E-state index is 13.7. The summed E-state index contributed by atoms with van der Waals surface area (Å²) in [5, 5.41) is 0. The number of benzene rings is 2. The van der Waals surface area contributed by atoms with Crippen molar-refractivity contribution in [1.29, 1.82) is 0 Å². The smallest absolute Gasteiger partial charge is 0.253 e. The van der Waals surface area contributed by atoms with Gasteiger partial charge >= 0.3 is 0 Å². The third-order valence-electron chi connectivity index (χ3n) is 5.92. The Morgan fingerprint density at radius 3 is 2.50 bits per heavy atom. The highest BCUT2D eigenvalue weighted by molar-refractivity contribution is 5.94. The number of carbonyl (C=O) groups excluding carboxylic acids is 2. The number of rotatable bonds is 5. The number of morpholine rings is 1. The van der Waals surface area contributed by atoms with Gasteiger partial charge in [0.25, 0.3) is 5.91 Å². The zero-order chi connectivity index (χ0) is 22.5. The fraction of sp³-hybridized carbons (Fsp3) is 0.417. The lowest BCUT2D eigenvalue weighted by atomic mass is 9.94. The number of halogens is 2. The second kappa shape index (κ2) is 10.1. The van der Waals surface area contributed by atoms with Crippen molar-refractivity contribution in [2.24, 2.45) is 5.92 Å². The highest BCUT2D eigenvalue weighted by atomic mass is 19.1. The number of nitrogens with zero attached hydrogens (tertiary/aromatic N) is 2. The molecular formula is C24H26F2N2O4. The summed E-state index contributed by atoms with van der Waals surface area (Å²) >= 11 is 0. The van der Waals surface area contributed by atoms with Gasteiger partial charge in [0, 0.05) is 37.2 Å². The molecule has 170 valence electrons. The molecule has 0 radical (unpaired) electrons. The second-order valence-electron chi connectivity index (χ2n) is 8.10. The van der Waals surface area contributed by atoms with E-state index >= 15 is 0 Å². The number of hydrogen-bond donors (Lipinski definition) is 0. The first-order valence-electron chi connectivity index (χ1n) is 10.8. The lowest BCUT2D eigenvalue weighted by Gasteiger charge is -2.37. The molecule has 4 rings (SSSR count). The number of likely N-dealkylation sites (tertiary alicyclic amines) is 1. The molecule has 0 N–H and O–H groups in total. The Morgan fingerprint density at radius 2 is 1.75 bits per heavy atom. The van der Waals surface area contributed by atoms with Crippen LogP contribution in [0.2, 0.25) is 0 Å². The standard InChI is InChI=1S/C24H26F2N2O4/c25-19-6-7-21(26)22(14-19)32-16-20-15-28(12-13-31-20)24(30)18-8-10-27(11-9-18)23(29)17-4-2-1-3-5-17/h1-7,14,18,20H,8-13,15-16H2. The third kappa shape index (κ3) is 5.24. The van der Waals surface area contributed by atoms with Crippen LogP contribution in [0.3, 0.4) is 0 Å². The third-order valence-corrected chi connectivity index (χ3v) is 5.92. The van der Waals surface area contributed by atoms with Gasteiger partial charge in [-0.15, -0.1) is 0 Å². The van der Waals surface area contributed by atoms with Gasteiger partial charge in [-0.05, 0) is 37.1 Å². The SMILES string of the molecule is O=C(c1ccccc1)N1CCC(C(=O)N2CCOC(COc3cc(F)ccc3F)C2)CC1. The van der Waals surface area contributed by atoms with Gasteiger partial charge in [-0.25, -0.2) is 8.78 Å². The van der Waals surface area contributed by atoms with Gasteiger partial charge in [-0.2, -0.15) is 0 Å². The Bertz CT molecular complexity index is 948. The Balaban J connectivity index is 1.27. The summed E-state index contributed by atoms with van der Waals surface area (Å²) in [7, 11) is 0. The van der Waals surface area contributed by atoms with E-state index < -0.39 is 17.7 Å². The summed E-state index contributed by atoms with van der Waals surface area (Å²) in [6.07, 6.45) is 0.810. The van der Waals surface area contributed by atoms with Gasteiger partial charge in [0.1, 0.15) is 18.5 Å². The van der Waals surface area contributed by atoms with Crippen molar-refractivity contribution in [3.8, 4) is 5.75 Å². The zero-order valence-electron chi connectivity index (χ0n) is 17.7. The van der Waals surface area contributed by atoms with Gasteiger partial charge < -0.3 is 19.3 Å². The minimum Gasteiger partial charge on any atom is -0.488 e. The normalized spacial score (nSPS) is 19.6. The van der Waals surface area contributed by atoms with Crippen LogP contribution in [0, 0.1) is 17.6 Å². The van der Waals surface area contributed by atoms with Gasteiger partial charge in [-0.1, -0.05) is 18.2 Å². The Labute approximate surface area is 185 Å². The summed E-state index contributed by atoms with van der Waals surface area (Å²) in [5.74, 6) is -1.51. The molecule has 2 aromatic rings. The lowest BCUT2D eigenvalue weighted by molar-refractivity contribution is -0.145. The first-order valence-corrected chi connectivity index (χ1v) is 10.8. The van der Waals surface area contributed by atoms with Crippen molar-refractivity contribution >= 4 is 11.8 Å². The fourth-order valence-electron chi connectivity index (χ4n) is 4.14. The summed E-state index contributed by atoms with van der Waals surface area (Å²) in [6, 6.07) is 12.2. The number of carbonyl (C=O) groups is 2. The minimum absolute atomic E-state index is 0.00957. The number of hydrogen-bond acceptors (Lipinski definition) is 4. The van der Waals surface area contributed by atoms with E-state index in [1.807, 2.05) is 18.2 Å². The molecule has 32 heavy (non-hydrogen) atoms. The van der Waals surface area contributed by atoms with Crippen molar-refractivity contribution in [3.05, 3.63) is 65.7 Å². The van der Waals surface area contributed by atoms with E-state index in [2.05, 4.69) is 0 Å². The summed E-state index contributed by atoms with van der Waals surface area (Å²) in [4.78, 5) is 29.2. The molecule has 0 aliphatic carbocycles. The van der Waals surface area contributed by atoms with Gasteiger partial charge in [-0.3, -0.25) is 9.59 Å². The van der Waals surface area contributed by atoms with E-state index in [9.17, 15) is 18.4 Å². The van der Waals surface area contributed by atoms with E-state index in [0.717, 1.165) is 18.2 Å². The predicted octanol–water partition coefficient (Wildman–Crippen LogP) is 3.12. The Kier molecular flexibility index (Phi) is 6.99. The van der Waals surface area contributed by atoms with Crippen molar-refractivity contribution < 1.29 is 27.8 Å². The fourth-order valence-corrected chi connectivity index (χ4v) is 4.14. The van der Waals surface area contributed by atoms with Crippen molar-refractivity contribution in [3.63, 3.8) is 0 Å². The Hall–Kier alpha value is -3.00. The summed E-state index contributed by atoms with van der Waals surface area (Å²) in [5.41, 5.74) is 0.656. The molecule has 2 aliphatic heterocycles. The molecule has 0 saturated carbocycles. The monoisotopic (exact) mass is 444 g/mol. The van der Waals surface area contributed by atoms with Gasteiger partial charge in [0.2, 0.25) is 5.91 Å². The van der Waals surface area contributed by atoms with Crippen LogP contribution in [-0.2, 0) is 9.53 Å². The van der Waals surface area contributed by atoms with Crippen LogP contribution in [0.1, 0.15) is 23.2 Å². The molecule has 2 fully saturated rings. The maximum absolute atomic E-state index is 13.7. The van der Waals surface area contributed by atoms with Gasteiger partial charge in [0.05, 0.1) is 13.2 Å². The maximum Gasteiger partial charge on any atom is 0.253 e. The van der Waals surface area contributed by atoms with E-state index in [0.29, 0.717) is 51.2 Å². The van der Waals surface area contributed by atoms with Gasteiger partial charge in [0.15, 0.2) is 11.6 Å². The topological polar surface area (TPSA) is 59.1 Å². The Morgan fingerprint density at radius 1 is 1.00 bits per heavy atom. The number of amides is 2. The molecular weight excluding hydrogens is 418 g/mol. The zero-order valence-corrected chi connectivity index (χ0v) is 17.7. The van der Waals surface area contributed by atoms with Crippen molar-refractivity contribution in [2.75, 3.05) is 39.4 Å². The van der Waals surface area contributed by atoms with E-state index in [1.165, 1.54) is 0 Å². The molecule has 6 nitrogen and oxygen atoms in total. The minimum atomic E-state index is -0.646. The highest BCUT2D eigenvalue weighted by Crippen LogP contribution is 2.23. The largest absolute Gasteiger partial charge is 0.488 e. The van der Waals surface area contributed by atoms with Crippen molar-refractivity contribution in [2.45, 2.75) is 18.9 Å². The van der Waals surface area contributed by atoms with E-state index in [1.54, 1.807) is 21.9 Å². The average Bonchev–Trinajstić information content (AvgIpc) is 2.84. The van der Waals surface area contributed by atoms with Crippen LogP contribution in [-0.4, -0.2) is 67.1 Å². The van der Waals surface area contributed by atoms with Crippen LogP contribution >= 0.6 is 0 Å². The average molecular weight is 444 g/mol. The second-order valence-corrected chi connectivity index (χ2v) is 8.10. The first-order chi connectivity index (χ1) is 15.5. The number of ether oxygens (including phenoxy) is 2. The molecule has 0 aromatic heterocycles. The molecule has 8 heteroatoms. The molecule has 1 atom stereocenters. The molecule has 2 amide bonds. The number of piperidine rings is 1. The lowest BCUT2D eigenvalue weighted by Crippen LogP contribution is -2.51. The first kappa shape index (κ1) is 22.2. The molecule has 2 heterocycles. The van der Waals surface area contributed by atoms with Crippen molar-refractivity contribution in [1.82, 2.24) is 9.80 Å². The van der Waals surface area contributed by atoms with E-state index in [4.69, 9.17) is 9.47 Å². The molecule has 1 unspecified atom stereocenters. The van der Waals surface area contributed by atoms with Crippen LogP contribution in [0.4, 0.5) is 8.78 Å². The molecule has 0 spiro atoms. The van der Waals surface area contributed by atoms with Crippen LogP contribution in [0.15, 0.2) is 48.5 Å². The summed E-state index contributed by atoms with van der Waals surface area (Å²) in [6.45, 7) is 2.27. The van der Waals surface area contributed by atoms with Crippen LogP contribution in [0.5, 0.6) is 5.75 Å². The van der Waals surface area contributed by atoms with E-state index in [-0.39, 0.29) is 30.1 Å². The molecule has 2 aliphatic rings. The van der Waals surface area contributed by atoms with Crippen LogP contribution < -0.4 is 4.74 Å². The predicted molar refractivity (Wildman–Crippen MR) is 113 cm³/mol. The quantitative estimate of drug-likeness (QED) is 0.711. The van der Waals surface area contributed by atoms with Crippen LogP contribution in [0.25, 0.3) is 0 Å². The molecule has 2 saturated heterocycles. The highest BCUT2D eigenvalue weighted by Gasteiger charge is 2.33. The molecule has 2 aromatic carbocycles.